The van der Waals surface area contributed by atoms with Crippen molar-refractivity contribution in [1.29, 1.82) is 0 Å². The molecule has 1 aromatic heterocycles. The zero-order valence-corrected chi connectivity index (χ0v) is 14.5. The predicted molar refractivity (Wildman–Crippen MR) is 88.5 cm³/mol. The number of nitrogens with two attached hydrogens (primary N) is 1. The maximum Gasteiger partial charge on any atom is 0.416 e. The van der Waals surface area contributed by atoms with Gasteiger partial charge in [-0.05, 0) is 24.1 Å². The molecule has 0 aliphatic rings. The molecule has 1 aromatic carbocycles. The topological polar surface area (TPSA) is 77.0 Å². The minimum absolute atomic E-state index is 0. The Kier molecular flexibility index (Phi) is 7.53. The van der Waals surface area contributed by atoms with Gasteiger partial charge in [0.1, 0.15) is 0 Å². The highest BCUT2D eigenvalue weighted by molar-refractivity contribution is 7.99. The van der Waals surface area contributed by atoms with Crippen molar-refractivity contribution in [2.24, 2.45) is 11.7 Å². The maximum absolute atomic E-state index is 12.9. The van der Waals surface area contributed by atoms with E-state index in [2.05, 4.69) is 10.2 Å². The minimum atomic E-state index is -4.42. The Bertz CT molecular complexity index is 666. The Balaban J connectivity index is 0.00000288. The number of aliphatic hydroxyl groups excluding tert-OH is 1. The van der Waals surface area contributed by atoms with Crippen molar-refractivity contribution in [3.05, 3.63) is 35.7 Å². The first-order valence-corrected chi connectivity index (χ1v) is 7.91. The summed E-state index contributed by atoms with van der Waals surface area (Å²) in [6.07, 6.45) is -4.42. The molecule has 0 aliphatic carbocycles. The van der Waals surface area contributed by atoms with Crippen molar-refractivity contribution >= 4 is 24.2 Å². The standard InChI is InChI=1S/C14H17F3N4OS.ClH/c1-9(7-22)8-23-13-20-19-12(6-18)21(13)11-4-2-3-10(5-11)14(15,16)17;/h2-5,9,22H,6-8,18H2,1H3;1H/t9-;/m1./s1. The number of hydrogen-bond acceptors (Lipinski definition) is 5. The van der Waals surface area contributed by atoms with Gasteiger partial charge in [0.15, 0.2) is 11.0 Å². The third-order valence-corrected chi connectivity index (χ3v) is 4.38. The highest BCUT2D eigenvalue weighted by Gasteiger charge is 2.31. The van der Waals surface area contributed by atoms with E-state index in [0.29, 0.717) is 22.4 Å². The van der Waals surface area contributed by atoms with Crippen LogP contribution >= 0.6 is 24.2 Å². The molecule has 24 heavy (non-hydrogen) atoms. The first-order valence-electron chi connectivity index (χ1n) is 6.92. The van der Waals surface area contributed by atoms with E-state index in [-0.39, 0.29) is 31.5 Å². The highest BCUT2D eigenvalue weighted by Crippen LogP contribution is 2.31. The second kappa shape index (κ2) is 8.70. The van der Waals surface area contributed by atoms with Gasteiger partial charge in [-0.15, -0.1) is 22.6 Å². The van der Waals surface area contributed by atoms with E-state index >= 15 is 0 Å². The summed E-state index contributed by atoms with van der Waals surface area (Å²) < 4.78 is 40.2. The molecule has 0 saturated heterocycles. The van der Waals surface area contributed by atoms with Gasteiger partial charge in [-0.3, -0.25) is 4.57 Å². The molecule has 0 aliphatic heterocycles. The van der Waals surface area contributed by atoms with Gasteiger partial charge in [0.2, 0.25) is 0 Å². The number of halogens is 4. The summed E-state index contributed by atoms with van der Waals surface area (Å²) in [5.74, 6) is 0.981. The van der Waals surface area contributed by atoms with Crippen LogP contribution in [0.25, 0.3) is 5.69 Å². The summed E-state index contributed by atoms with van der Waals surface area (Å²) in [4.78, 5) is 0. The van der Waals surface area contributed by atoms with Crippen molar-refractivity contribution in [2.75, 3.05) is 12.4 Å². The quantitative estimate of drug-likeness (QED) is 0.751. The van der Waals surface area contributed by atoms with Gasteiger partial charge in [0.25, 0.3) is 0 Å². The number of alkyl halides is 3. The van der Waals surface area contributed by atoms with Crippen molar-refractivity contribution in [1.82, 2.24) is 14.8 Å². The number of rotatable bonds is 6. The third kappa shape index (κ3) is 4.85. The van der Waals surface area contributed by atoms with Crippen molar-refractivity contribution in [2.45, 2.75) is 24.8 Å². The first kappa shape index (κ1) is 20.8. The van der Waals surface area contributed by atoms with Gasteiger partial charge in [-0.1, -0.05) is 24.8 Å². The largest absolute Gasteiger partial charge is 0.416 e. The van der Waals surface area contributed by atoms with E-state index in [4.69, 9.17) is 10.8 Å². The lowest BCUT2D eigenvalue weighted by Crippen LogP contribution is -2.11. The van der Waals surface area contributed by atoms with E-state index in [1.165, 1.54) is 22.4 Å². The molecular formula is C14H18ClF3N4OS. The molecule has 10 heteroatoms. The van der Waals surface area contributed by atoms with Crippen LogP contribution in [0.3, 0.4) is 0 Å². The smallest absolute Gasteiger partial charge is 0.396 e. The molecular weight excluding hydrogens is 365 g/mol. The number of benzene rings is 1. The summed E-state index contributed by atoms with van der Waals surface area (Å²) in [5.41, 5.74) is 5.18. The zero-order valence-electron chi connectivity index (χ0n) is 12.8. The normalized spacial score (nSPS) is 12.8. The molecule has 0 unspecified atom stereocenters. The van der Waals surface area contributed by atoms with Crippen LogP contribution in [0.2, 0.25) is 0 Å². The highest BCUT2D eigenvalue weighted by atomic mass is 35.5. The fourth-order valence-electron chi connectivity index (χ4n) is 1.88. The summed E-state index contributed by atoms with van der Waals surface area (Å²) in [7, 11) is 0. The number of thioether (sulfide) groups is 1. The van der Waals surface area contributed by atoms with Gasteiger partial charge in [-0.2, -0.15) is 13.2 Å². The van der Waals surface area contributed by atoms with Gasteiger partial charge in [-0.25, -0.2) is 0 Å². The molecule has 0 saturated carbocycles. The van der Waals surface area contributed by atoms with Crippen LogP contribution in [0.4, 0.5) is 13.2 Å². The van der Waals surface area contributed by atoms with E-state index < -0.39 is 11.7 Å². The average Bonchev–Trinajstić information content (AvgIpc) is 2.94. The number of aromatic nitrogens is 3. The molecule has 0 radical (unpaired) electrons. The molecule has 0 amide bonds. The molecule has 0 bridgehead atoms. The van der Waals surface area contributed by atoms with Crippen molar-refractivity contribution in [3.63, 3.8) is 0 Å². The Labute approximate surface area is 147 Å². The molecule has 0 fully saturated rings. The van der Waals surface area contributed by atoms with Crippen LogP contribution in [0.15, 0.2) is 29.4 Å². The Hall–Kier alpha value is -1.29. The summed E-state index contributed by atoms with van der Waals surface area (Å²) >= 11 is 1.32. The fourth-order valence-corrected chi connectivity index (χ4v) is 2.85. The van der Waals surface area contributed by atoms with Gasteiger partial charge < -0.3 is 10.8 Å². The lowest BCUT2D eigenvalue weighted by molar-refractivity contribution is -0.137. The Morgan fingerprint density at radius 3 is 2.62 bits per heavy atom. The molecule has 134 valence electrons. The van der Waals surface area contributed by atoms with Gasteiger partial charge in [0.05, 0.1) is 17.8 Å². The van der Waals surface area contributed by atoms with Crippen molar-refractivity contribution < 1.29 is 18.3 Å². The lowest BCUT2D eigenvalue weighted by atomic mass is 10.2. The molecule has 2 rings (SSSR count). The Morgan fingerprint density at radius 1 is 1.33 bits per heavy atom. The summed E-state index contributed by atoms with van der Waals surface area (Å²) in [5, 5.41) is 17.4. The fraction of sp³-hybridized carbons (Fsp3) is 0.429. The zero-order chi connectivity index (χ0) is 17.0. The van der Waals surface area contributed by atoms with Crippen LogP contribution < -0.4 is 5.73 Å². The molecule has 3 N–H and O–H groups in total. The first-order chi connectivity index (χ1) is 10.9. The number of aliphatic hydroxyl groups is 1. The molecule has 1 heterocycles. The van der Waals surface area contributed by atoms with Gasteiger partial charge in [0, 0.05) is 12.4 Å². The SMILES string of the molecule is C[C@H](CO)CSc1nnc(CN)n1-c1cccc(C(F)(F)F)c1.Cl. The molecule has 0 spiro atoms. The molecule has 5 nitrogen and oxygen atoms in total. The van der Waals surface area contributed by atoms with E-state index in [0.717, 1.165) is 12.1 Å². The number of hydrogen-bond donors (Lipinski definition) is 2. The average molecular weight is 383 g/mol. The number of nitrogens with zero attached hydrogens (tertiary/aromatic N) is 3. The van der Waals surface area contributed by atoms with E-state index in [1.54, 1.807) is 6.07 Å². The second-order valence-corrected chi connectivity index (χ2v) is 6.07. The van der Waals surface area contributed by atoms with Crippen LogP contribution in [-0.4, -0.2) is 32.2 Å². The third-order valence-electron chi connectivity index (χ3n) is 3.12. The van der Waals surface area contributed by atoms with Crippen molar-refractivity contribution in [3.8, 4) is 5.69 Å². The van der Waals surface area contributed by atoms with Gasteiger partial charge >= 0.3 is 6.18 Å². The van der Waals surface area contributed by atoms with Crippen LogP contribution in [0.5, 0.6) is 0 Å². The Morgan fingerprint density at radius 2 is 2.04 bits per heavy atom. The molecule has 2 aromatic rings. The van der Waals surface area contributed by atoms with Crippen LogP contribution in [0, 0.1) is 5.92 Å². The second-order valence-electron chi connectivity index (χ2n) is 5.09. The maximum atomic E-state index is 12.9. The summed E-state index contributed by atoms with van der Waals surface area (Å²) in [6, 6.07) is 4.94. The van der Waals surface area contributed by atoms with E-state index in [9.17, 15) is 13.2 Å². The van der Waals surface area contributed by atoms with Crippen LogP contribution in [-0.2, 0) is 12.7 Å². The predicted octanol–water partition coefficient (Wildman–Crippen LogP) is 2.89. The lowest BCUT2D eigenvalue weighted by Gasteiger charge is -2.13. The summed E-state index contributed by atoms with van der Waals surface area (Å²) in [6.45, 7) is 1.94. The minimum Gasteiger partial charge on any atom is -0.396 e. The molecule has 1 atom stereocenters. The van der Waals surface area contributed by atoms with E-state index in [1.807, 2.05) is 6.92 Å². The monoisotopic (exact) mass is 382 g/mol. The van der Waals surface area contributed by atoms with Crippen LogP contribution in [0.1, 0.15) is 18.3 Å².